The van der Waals surface area contributed by atoms with Gasteiger partial charge in [-0.25, -0.2) is 0 Å². The predicted molar refractivity (Wildman–Crippen MR) is 34.2 cm³/mol. The van der Waals surface area contributed by atoms with E-state index < -0.39 is 20.8 Å². The molecule has 12 heavy (non-hydrogen) atoms. The maximum atomic E-state index is 9.44. The van der Waals surface area contributed by atoms with Gasteiger partial charge in [-0.15, -0.1) is 3.63 Å². The van der Waals surface area contributed by atoms with E-state index in [1.165, 1.54) is 0 Å². The van der Waals surface area contributed by atoms with Crippen molar-refractivity contribution in [3.8, 4) is 0 Å². The molecule has 0 radical (unpaired) electrons. The van der Waals surface area contributed by atoms with Crippen LogP contribution >= 0.6 is 0 Å². The van der Waals surface area contributed by atoms with Crippen LogP contribution in [0.3, 0.4) is 0 Å². The Kier molecular flexibility index (Phi) is 12.9. The summed E-state index contributed by atoms with van der Waals surface area (Å²) >= 11 is 0. The quantitative estimate of drug-likeness (QED) is 0.359. The predicted octanol–water partition coefficient (Wildman–Crippen LogP) is -1.07. The van der Waals surface area contributed by atoms with E-state index >= 15 is 0 Å². The molecule has 0 aliphatic rings. The van der Waals surface area contributed by atoms with Crippen LogP contribution < -0.4 is 12.3 Å². The third-order valence-corrected chi connectivity index (χ3v) is 1.55. The van der Waals surface area contributed by atoms with Crippen molar-refractivity contribution in [2.75, 3.05) is 0 Å². The molecule has 0 aliphatic carbocycles. The van der Waals surface area contributed by atoms with Crippen LogP contribution in [0.1, 0.15) is 0 Å². The van der Waals surface area contributed by atoms with E-state index in [2.05, 4.69) is 3.63 Å². The SMILES string of the molecule is N.N.O=S(=O)(O)OS(=O)(=O)O.[Zn]. The molecule has 0 atom stereocenters. The van der Waals surface area contributed by atoms with E-state index in [4.69, 9.17) is 9.11 Å². The normalized spacial score (nSPS) is 10.2. The second-order valence-corrected chi connectivity index (χ2v) is 3.18. The third kappa shape index (κ3) is 22.4. The van der Waals surface area contributed by atoms with Crippen LogP contribution in [0.25, 0.3) is 0 Å². The number of hydrogen-bond donors (Lipinski definition) is 4. The summed E-state index contributed by atoms with van der Waals surface area (Å²) in [5.74, 6) is 0. The summed E-state index contributed by atoms with van der Waals surface area (Å²) < 4.78 is 55.6. The molecular formula is H8N2O7S2Zn. The summed E-state index contributed by atoms with van der Waals surface area (Å²) in [5.41, 5.74) is 0. The smallest absolute Gasteiger partial charge is 0.344 e. The van der Waals surface area contributed by atoms with Gasteiger partial charge in [0.15, 0.2) is 0 Å². The average molecular weight is 278 g/mol. The molecule has 0 heterocycles. The van der Waals surface area contributed by atoms with Crippen LogP contribution in [0.2, 0.25) is 0 Å². The Labute approximate surface area is 82.3 Å². The van der Waals surface area contributed by atoms with Gasteiger partial charge in [-0.05, 0) is 0 Å². The van der Waals surface area contributed by atoms with Crippen molar-refractivity contribution in [2.24, 2.45) is 0 Å². The molecule has 8 N–H and O–H groups in total. The van der Waals surface area contributed by atoms with E-state index in [0.29, 0.717) is 0 Å². The maximum absolute atomic E-state index is 9.44. The van der Waals surface area contributed by atoms with Crippen molar-refractivity contribution >= 4 is 20.8 Å². The van der Waals surface area contributed by atoms with E-state index in [1.807, 2.05) is 0 Å². The van der Waals surface area contributed by atoms with Crippen LogP contribution in [0.4, 0.5) is 0 Å². The number of hydrogen-bond acceptors (Lipinski definition) is 7. The maximum Gasteiger partial charge on any atom is 0.413 e. The Morgan fingerprint density at radius 2 is 1.00 bits per heavy atom. The fraction of sp³-hybridized carbons (Fsp3) is 0. The molecular weight excluding hydrogens is 270 g/mol. The van der Waals surface area contributed by atoms with Gasteiger partial charge in [0.05, 0.1) is 0 Å². The Morgan fingerprint density at radius 1 is 0.833 bits per heavy atom. The van der Waals surface area contributed by atoms with Crippen molar-refractivity contribution < 1.29 is 49.0 Å². The molecule has 0 spiro atoms. The van der Waals surface area contributed by atoms with Crippen LogP contribution in [0.5, 0.6) is 0 Å². The molecule has 0 aromatic heterocycles. The summed E-state index contributed by atoms with van der Waals surface area (Å²) in [6.45, 7) is 0. The summed E-state index contributed by atoms with van der Waals surface area (Å²) in [7, 11) is -10.2. The summed E-state index contributed by atoms with van der Waals surface area (Å²) in [5, 5.41) is 0. The standard InChI is InChI=1S/2H3N.H2O7S2.Zn/c;;1-8(2,3)7-9(4,5)6;/h2*1H3;(H,1,2,3)(H,4,5,6);. The minimum Gasteiger partial charge on any atom is -0.344 e. The van der Waals surface area contributed by atoms with Gasteiger partial charge in [0, 0.05) is 19.5 Å². The zero-order chi connectivity index (χ0) is 7.71. The first kappa shape index (κ1) is 22.8. The average Bonchev–Trinajstić information content (AvgIpc) is 1.14. The number of rotatable bonds is 2. The Balaban J connectivity index is -0.000000107. The van der Waals surface area contributed by atoms with Crippen molar-refractivity contribution in [3.63, 3.8) is 0 Å². The summed E-state index contributed by atoms with van der Waals surface area (Å²) in [6.07, 6.45) is 0. The summed E-state index contributed by atoms with van der Waals surface area (Å²) in [6, 6.07) is 0. The van der Waals surface area contributed by atoms with E-state index in [1.54, 1.807) is 0 Å². The molecule has 0 fully saturated rings. The van der Waals surface area contributed by atoms with E-state index in [0.717, 1.165) is 0 Å². The first-order valence-electron chi connectivity index (χ1n) is 1.37. The second-order valence-electron chi connectivity index (χ2n) is 0.924. The van der Waals surface area contributed by atoms with Gasteiger partial charge in [0.1, 0.15) is 0 Å². The molecule has 0 aliphatic heterocycles. The van der Waals surface area contributed by atoms with Crippen LogP contribution in [0.15, 0.2) is 0 Å². The van der Waals surface area contributed by atoms with Crippen molar-refractivity contribution in [1.29, 1.82) is 0 Å². The van der Waals surface area contributed by atoms with Crippen LogP contribution in [-0.4, -0.2) is 25.9 Å². The minimum atomic E-state index is -5.12. The van der Waals surface area contributed by atoms with Gasteiger partial charge in [-0.2, -0.15) is 16.8 Å². The van der Waals surface area contributed by atoms with Gasteiger partial charge in [-0.3, -0.25) is 9.11 Å². The molecule has 0 aromatic carbocycles. The second kappa shape index (κ2) is 6.80. The Hall–Kier alpha value is 0.323. The Bertz CT molecular complexity index is 245. The first-order valence-corrected chi connectivity index (χ1v) is 4.10. The fourth-order valence-corrected chi connectivity index (χ4v) is 0.978. The van der Waals surface area contributed by atoms with Gasteiger partial charge < -0.3 is 12.3 Å². The zero-order valence-electron chi connectivity index (χ0n) is 5.87. The topological polar surface area (TPSA) is 188 Å². The first-order chi connectivity index (χ1) is 3.71. The van der Waals surface area contributed by atoms with E-state index in [-0.39, 0.29) is 31.8 Å². The molecule has 12 heteroatoms. The van der Waals surface area contributed by atoms with Crippen molar-refractivity contribution in [3.05, 3.63) is 0 Å². The van der Waals surface area contributed by atoms with Crippen LogP contribution in [-0.2, 0) is 43.9 Å². The molecule has 0 bridgehead atoms. The third-order valence-electron chi connectivity index (χ3n) is 0.172. The molecule has 0 amide bonds. The Morgan fingerprint density at radius 3 is 1.00 bits per heavy atom. The largest absolute Gasteiger partial charge is 0.413 e. The van der Waals surface area contributed by atoms with Gasteiger partial charge >= 0.3 is 20.8 Å². The zero-order valence-corrected chi connectivity index (χ0v) is 10.5. The van der Waals surface area contributed by atoms with Crippen molar-refractivity contribution in [2.45, 2.75) is 0 Å². The van der Waals surface area contributed by atoms with Gasteiger partial charge in [-0.1, -0.05) is 0 Å². The molecule has 0 rings (SSSR count). The minimum absolute atomic E-state index is 0. The molecule has 0 unspecified atom stereocenters. The fourth-order valence-electron chi connectivity index (χ4n) is 0.109. The van der Waals surface area contributed by atoms with Crippen LogP contribution in [0, 0.1) is 0 Å². The molecule has 0 saturated heterocycles. The molecule has 0 aromatic rings. The van der Waals surface area contributed by atoms with Gasteiger partial charge in [0.25, 0.3) is 0 Å². The monoisotopic (exact) mass is 276 g/mol. The molecule has 74 valence electrons. The molecule has 0 saturated carbocycles. The van der Waals surface area contributed by atoms with Gasteiger partial charge in [0.2, 0.25) is 0 Å². The molecule has 9 nitrogen and oxygen atoms in total. The summed E-state index contributed by atoms with van der Waals surface area (Å²) in [4.78, 5) is 0. The van der Waals surface area contributed by atoms with E-state index in [9.17, 15) is 16.8 Å². The van der Waals surface area contributed by atoms with Crippen molar-refractivity contribution in [1.82, 2.24) is 12.3 Å².